The van der Waals surface area contributed by atoms with E-state index in [1.165, 1.54) is 18.2 Å². The Bertz CT molecular complexity index is 742. The van der Waals surface area contributed by atoms with Crippen LogP contribution in [0.25, 0.3) is 0 Å². The lowest BCUT2D eigenvalue weighted by atomic mass is 10.2. The molecule has 0 aliphatic heterocycles. The first-order valence-corrected chi connectivity index (χ1v) is 6.28. The third-order valence-electron chi connectivity index (χ3n) is 2.66. The molecule has 0 aliphatic rings. The van der Waals surface area contributed by atoms with Crippen LogP contribution in [0, 0.1) is 17.1 Å². The van der Waals surface area contributed by atoms with Crippen LogP contribution in [-0.4, -0.2) is 17.9 Å². The van der Waals surface area contributed by atoms with Gasteiger partial charge in [-0.15, -0.1) is 0 Å². The molecule has 2 N–H and O–H groups in total. The van der Waals surface area contributed by atoms with Crippen LogP contribution >= 0.6 is 11.6 Å². The van der Waals surface area contributed by atoms with Gasteiger partial charge in [0.25, 0.3) is 5.91 Å². The van der Waals surface area contributed by atoms with Gasteiger partial charge in [-0.1, -0.05) is 11.6 Å². The summed E-state index contributed by atoms with van der Waals surface area (Å²) in [5.41, 5.74) is 0.0952. The van der Waals surface area contributed by atoms with E-state index in [2.05, 4.69) is 15.6 Å². The highest BCUT2D eigenvalue weighted by Gasteiger charge is 2.15. The molecule has 1 amide bonds. The van der Waals surface area contributed by atoms with Crippen LogP contribution in [0.3, 0.4) is 0 Å². The first-order valence-electron chi connectivity index (χ1n) is 5.90. The number of nitrogens with one attached hydrogen (secondary N) is 2. The fourth-order valence-corrected chi connectivity index (χ4v) is 1.80. The van der Waals surface area contributed by atoms with E-state index in [0.29, 0.717) is 5.82 Å². The van der Waals surface area contributed by atoms with Gasteiger partial charge in [-0.2, -0.15) is 5.26 Å². The third-order valence-corrected chi connectivity index (χ3v) is 2.97. The van der Waals surface area contributed by atoms with E-state index in [-0.39, 0.29) is 22.0 Å². The largest absolute Gasteiger partial charge is 0.373 e. The molecule has 0 bridgehead atoms. The van der Waals surface area contributed by atoms with Gasteiger partial charge < -0.3 is 10.6 Å². The van der Waals surface area contributed by atoms with Crippen LogP contribution in [0.4, 0.5) is 15.9 Å². The van der Waals surface area contributed by atoms with Crippen LogP contribution in [-0.2, 0) is 0 Å². The van der Waals surface area contributed by atoms with E-state index in [1.807, 2.05) is 6.07 Å². The molecule has 5 nitrogen and oxygen atoms in total. The van der Waals surface area contributed by atoms with Gasteiger partial charge in [0, 0.05) is 7.05 Å². The second kappa shape index (κ2) is 6.20. The number of pyridine rings is 1. The average Bonchev–Trinajstić information content (AvgIpc) is 2.49. The van der Waals surface area contributed by atoms with Crippen molar-refractivity contribution in [3.05, 3.63) is 52.4 Å². The number of hydrogen-bond donors (Lipinski definition) is 2. The fourth-order valence-electron chi connectivity index (χ4n) is 1.61. The number of amides is 1. The fraction of sp³-hybridized carbons (Fsp3) is 0.0714. The summed E-state index contributed by atoms with van der Waals surface area (Å²) >= 11 is 5.91. The molecule has 7 heteroatoms. The number of anilines is 2. The minimum atomic E-state index is -0.705. The molecule has 21 heavy (non-hydrogen) atoms. The van der Waals surface area contributed by atoms with Crippen LogP contribution in [0.15, 0.2) is 30.3 Å². The number of aromatic nitrogens is 1. The lowest BCUT2D eigenvalue weighted by molar-refractivity contribution is 0.102. The topological polar surface area (TPSA) is 77.8 Å². The maximum Gasteiger partial charge on any atom is 0.275 e. The molecule has 0 unspecified atom stereocenters. The van der Waals surface area contributed by atoms with Crippen molar-refractivity contribution in [2.45, 2.75) is 0 Å². The predicted octanol–water partition coefficient (Wildman–Crippen LogP) is 3.04. The molecule has 0 saturated heterocycles. The number of rotatable bonds is 3. The number of benzene rings is 1. The molecule has 2 aromatic rings. The van der Waals surface area contributed by atoms with Crippen LogP contribution < -0.4 is 10.6 Å². The lowest BCUT2D eigenvalue weighted by Gasteiger charge is -2.08. The highest BCUT2D eigenvalue weighted by Crippen LogP contribution is 2.20. The Morgan fingerprint density at radius 3 is 2.76 bits per heavy atom. The van der Waals surface area contributed by atoms with Gasteiger partial charge in [0.15, 0.2) is 0 Å². The smallest absolute Gasteiger partial charge is 0.275 e. The zero-order valence-corrected chi connectivity index (χ0v) is 11.7. The Balaban J connectivity index is 2.28. The Kier molecular flexibility index (Phi) is 4.36. The van der Waals surface area contributed by atoms with Gasteiger partial charge in [0.2, 0.25) is 0 Å². The second-order valence-corrected chi connectivity index (χ2v) is 4.44. The van der Waals surface area contributed by atoms with E-state index < -0.39 is 11.7 Å². The Morgan fingerprint density at radius 1 is 1.38 bits per heavy atom. The lowest BCUT2D eigenvalue weighted by Crippen LogP contribution is -2.16. The molecule has 0 saturated carbocycles. The maximum atomic E-state index is 13.7. The number of nitriles is 1. The van der Waals surface area contributed by atoms with Crippen LogP contribution in [0.5, 0.6) is 0 Å². The Morgan fingerprint density at radius 2 is 2.14 bits per heavy atom. The van der Waals surface area contributed by atoms with Crippen LogP contribution in [0.1, 0.15) is 16.1 Å². The first kappa shape index (κ1) is 14.8. The molecule has 1 aromatic heterocycles. The van der Waals surface area contributed by atoms with Crippen molar-refractivity contribution in [2.75, 3.05) is 17.7 Å². The van der Waals surface area contributed by atoms with Crippen molar-refractivity contribution < 1.29 is 9.18 Å². The summed E-state index contributed by atoms with van der Waals surface area (Å²) in [4.78, 5) is 16.1. The van der Waals surface area contributed by atoms with Crippen molar-refractivity contribution in [1.29, 1.82) is 5.26 Å². The predicted molar refractivity (Wildman–Crippen MR) is 77.9 cm³/mol. The van der Waals surface area contributed by atoms with Gasteiger partial charge in [-0.05, 0) is 30.3 Å². The Labute approximate surface area is 125 Å². The standard InChI is InChI=1S/C14H10ClFN4O/c1-18-12-5-3-9(15)13(20-12)14(21)19-11-4-2-8(7-17)6-10(11)16/h2-6H,1H3,(H,18,20)(H,19,21). The zero-order chi connectivity index (χ0) is 15.4. The highest BCUT2D eigenvalue weighted by molar-refractivity contribution is 6.34. The number of carbonyl (C=O) groups is 1. The number of nitrogens with zero attached hydrogens (tertiary/aromatic N) is 2. The monoisotopic (exact) mass is 304 g/mol. The molecule has 0 atom stereocenters. The van der Waals surface area contributed by atoms with E-state index >= 15 is 0 Å². The number of hydrogen-bond acceptors (Lipinski definition) is 4. The molecular weight excluding hydrogens is 295 g/mol. The zero-order valence-electron chi connectivity index (χ0n) is 10.9. The van der Waals surface area contributed by atoms with E-state index in [9.17, 15) is 9.18 Å². The molecule has 1 aromatic carbocycles. The summed E-state index contributed by atoms with van der Waals surface area (Å²) in [7, 11) is 1.65. The van der Waals surface area contributed by atoms with Crippen molar-refractivity contribution in [2.24, 2.45) is 0 Å². The van der Waals surface area contributed by atoms with Gasteiger partial charge in [-0.25, -0.2) is 9.37 Å². The second-order valence-electron chi connectivity index (χ2n) is 4.04. The summed E-state index contributed by atoms with van der Waals surface area (Å²) < 4.78 is 13.7. The molecule has 2 rings (SSSR count). The SMILES string of the molecule is CNc1ccc(Cl)c(C(=O)Nc2ccc(C#N)cc2F)n1. The van der Waals surface area contributed by atoms with E-state index in [0.717, 1.165) is 6.07 Å². The maximum absolute atomic E-state index is 13.7. The molecule has 0 radical (unpaired) electrons. The van der Waals surface area contributed by atoms with Crippen molar-refractivity contribution >= 4 is 29.0 Å². The van der Waals surface area contributed by atoms with Gasteiger partial charge in [-0.3, -0.25) is 4.79 Å². The minimum Gasteiger partial charge on any atom is -0.373 e. The van der Waals surface area contributed by atoms with Crippen LogP contribution in [0.2, 0.25) is 5.02 Å². The van der Waals surface area contributed by atoms with Gasteiger partial charge in [0.05, 0.1) is 22.3 Å². The average molecular weight is 305 g/mol. The van der Waals surface area contributed by atoms with Crippen molar-refractivity contribution in [3.63, 3.8) is 0 Å². The molecule has 0 fully saturated rings. The van der Waals surface area contributed by atoms with E-state index in [4.69, 9.17) is 16.9 Å². The quantitative estimate of drug-likeness (QED) is 0.913. The van der Waals surface area contributed by atoms with Gasteiger partial charge >= 0.3 is 0 Å². The molecular formula is C14H10ClFN4O. The summed E-state index contributed by atoms with van der Waals surface area (Å²) in [6.07, 6.45) is 0. The third kappa shape index (κ3) is 3.27. The Hall–Kier alpha value is -2.65. The summed E-state index contributed by atoms with van der Waals surface area (Å²) in [6.45, 7) is 0. The highest BCUT2D eigenvalue weighted by atomic mass is 35.5. The van der Waals surface area contributed by atoms with E-state index in [1.54, 1.807) is 13.1 Å². The number of halogens is 2. The summed E-state index contributed by atoms with van der Waals surface area (Å²) in [5.74, 6) is -0.881. The molecule has 0 spiro atoms. The number of carbonyl (C=O) groups excluding carboxylic acids is 1. The van der Waals surface area contributed by atoms with Gasteiger partial charge in [0.1, 0.15) is 17.3 Å². The summed E-state index contributed by atoms with van der Waals surface area (Å²) in [5, 5.41) is 14.0. The molecule has 106 valence electrons. The first-order chi connectivity index (χ1) is 10.0. The van der Waals surface area contributed by atoms with Crippen molar-refractivity contribution in [1.82, 2.24) is 4.98 Å². The molecule has 0 aliphatic carbocycles. The minimum absolute atomic E-state index is 0.0210. The van der Waals surface area contributed by atoms with Crippen molar-refractivity contribution in [3.8, 4) is 6.07 Å². The summed E-state index contributed by atoms with van der Waals surface area (Å²) in [6, 6.07) is 8.68. The molecule has 1 heterocycles. The normalized spacial score (nSPS) is 9.81.